The van der Waals surface area contributed by atoms with Crippen molar-refractivity contribution in [3.05, 3.63) is 41.2 Å². The molecule has 2 aromatic rings. The van der Waals surface area contributed by atoms with Gasteiger partial charge in [-0.3, -0.25) is 4.79 Å². The lowest BCUT2D eigenvalue weighted by molar-refractivity contribution is -0.274. The molecule has 1 aromatic carbocycles. The number of benzene rings is 1. The Bertz CT molecular complexity index is 1130. The Kier molecular flexibility index (Phi) is 8.69. The maximum Gasteiger partial charge on any atom is 0.573 e. The molecule has 5 nitrogen and oxygen atoms in total. The fourth-order valence-electron chi connectivity index (χ4n) is 7.10. The third kappa shape index (κ3) is 6.87. The number of carbonyl (C=O) groups is 1. The molecule has 5 rings (SSSR count). The first kappa shape index (κ1) is 28.2. The van der Waals surface area contributed by atoms with E-state index in [9.17, 15) is 23.1 Å². The molecule has 0 aliphatic heterocycles. The highest BCUT2D eigenvalue weighted by Gasteiger charge is 2.38. The number of carbonyl (C=O) groups excluding carboxylic acids is 1. The molecule has 3 atom stereocenters. The molecule has 1 aromatic heterocycles. The van der Waals surface area contributed by atoms with Crippen LogP contribution in [0.25, 0.3) is 5.69 Å². The number of nitrogens with zero attached hydrogens (tertiary/aromatic N) is 2. The molecule has 8 heteroatoms. The van der Waals surface area contributed by atoms with Crippen LogP contribution in [-0.4, -0.2) is 33.6 Å². The average molecular weight is 547 g/mol. The highest BCUT2D eigenvalue weighted by molar-refractivity contribution is 6.00. The van der Waals surface area contributed by atoms with Gasteiger partial charge in [0.2, 0.25) is 0 Å². The summed E-state index contributed by atoms with van der Waals surface area (Å²) in [6, 6.07) is 5.82. The first-order valence-corrected chi connectivity index (χ1v) is 14.8. The fraction of sp³-hybridized carbons (Fsp3) is 0.677. The summed E-state index contributed by atoms with van der Waals surface area (Å²) in [5.41, 5.74) is 2.57. The predicted molar refractivity (Wildman–Crippen MR) is 143 cm³/mol. The molecule has 3 saturated carbocycles. The lowest BCUT2D eigenvalue weighted by atomic mass is 9.72. The quantitative estimate of drug-likeness (QED) is 0.283. The van der Waals surface area contributed by atoms with Crippen LogP contribution in [0, 0.1) is 30.6 Å². The molecule has 1 unspecified atom stereocenters. The molecule has 0 radical (unpaired) electrons. The second kappa shape index (κ2) is 12.0. The van der Waals surface area contributed by atoms with Crippen molar-refractivity contribution in [2.24, 2.45) is 23.7 Å². The van der Waals surface area contributed by atoms with Crippen molar-refractivity contribution in [3.63, 3.8) is 0 Å². The Morgan fingerprint density at radius 2 is 1.72 bits per heavy atom. The zero-order chi connectivity index (χ0) is 27.6. The van der Waals surface area contributed by atoms with Gasteiger partial charge in [-0.15, -0.1) is 13.2 Å². The minimum atomic E-state index is -4.78. The van der Waals surface area contributed by atoms with Gasteiger partial charge >= 0.3 is 6.36 Å². The Hall–Kier alpha value is -2.35. The standard InChI is InChI=1S/C31H41F3N2O3/c1-20-28(29(23-13-14-23)36(35-20)26-9-6-10-27(18-26)39-31(32,33)34)30(38)24-12-11-21(19-37)17-25(16-15-24)22-7-4-2-3-5-8-22/h6,9-10,18,21-25,37H,2-5,7-8,11-17,19H2,1H3/t21-,24?,25-/m0/s1. The molecule has 3 aliphatic rings. The lowest BCUT2D eigenvalue weighted by Crippen LogP contribution is -2.27. The van der Waals surface area contributed by atoms with Gasteiger partial charge in [0.15, 0.2) is 5.78 Å². The van der Waals surface area contributed by atoms with Gasteiger partial charge in [0.1, 0.15) is 5.75 Å². The molecule has 39 heavy (non-hydrogen) atoms. The van der Waals surface area contributed by atoms with Gasteiger partial charge in [-0.2, -0.15) is 5.10 Å². The van der Waals surface area contributed by atoms with Crippen LogP contribution in [0.1, 0.15) is 111 Å². The summed E-state index contributed by atoms with van der Waals surface area (Å²) in [5, 5.41) is 14.8. The monoisotopic (exact) mass is 546 g/mol. The summed E-state index contributed by atoms with van der Waals surface area (Å²) < 4.78 is 44.4. The fourth-order valence-corrected chi connectivity index (χ4v) is 7.10. The molecule has 1 N–H and O–H groups in total. The van der Waals surface area contributed by atoms with Crippen LogP contribution in [0.4, 0.5) is 13.2 Å². The van der Waals surface area contributed by atoms with Crippen LogP contribution >= 0.6 is 0 Å². The molecule has 3 fully saturated rings. The van der Waals surface area contributed by atoms with Crippen LogP contribution in [0.5, 0.6) is 5.75 Å². The lowest BCUT2D eigenvalue weighted by Gasteiger charge is -2.33. The minimum Gasteiger partial charge on any atom is -0.406 e. The van der Waals surface area contributed by atoms with Crippen molar-refractivity contribution < 1.29 is 27.8 Å². The first-order valence-electron chi connectivity index (χ1n) is 14.8. The summed E-state index contributed by atoms with van der Waals surface area (Å²) in [4.78, 5) is 14.2. The number of rotatable bonds is 7. The summed E-state index contributed by atoms with van der Waals surface area (Å²) >= 11 is 0. The van der Waals surface area contributed by atoms with Crippen LogP contribution in [0.3, 0.4) is 0 Å². The van der Waals surface area contributed by atoms with Gasteiger partial charge in [0.25, 0.3) is 0 Å². The van der Waals surface area contributed by atoms with E-state index in [2.05, 4.69) is 9.84 Å². The third-order valence-electron chi connectivity index (χ3n) is 9.24. The zero-order valence-electron chi connectivity index (χ0n) is 22.9. The van der Waals surface area contributed by atoms with E-state index < -0.39 is 6.36 Å². The zero-order valence-corrected chi connectivity index (χ0v) is 22.9. The average Bonchev–Trinajstić information content (AvgIpc) is 3.69. The van der Waals surface area contributed by atoms with Gasteiger partial charge in [-0.05, 0) is 81.8 Å². The number of aromatic nitrogens is 2. The van der Waals surface area contributed by atoms with Crippen LogP contribution in [0.2, 0.25) is 0 Å². The third-order valence-corrected chi connectivity index (χ3v) is 9.24. The number of hydrogen-bond acceptors (Lipinski definition) is 4. The number of aryl methyl sites for hydroxylation is 1. The largest absolute Gasteiger partial charge is 0.573 e. The minimum absolute atomic E-state index is 0.113. The van der Waals surface area contributed by atoms with Crippen LogP contribution < -0.4 is 4.74 Å². The molecule has 214 valence electrons. The molecule has 0 saturated heterocycles. The number of ketones is 1. The maximum absolute atomic E-state index is 14.2. The maximum atomic E-state index is 14.2. The topological polar surface area (TPSA) is 64.4 Å². The molecule has 0 spiro atoms. The van der Waals surface area contributed by atoms with E-state index in [1.54, 1.807) is 10.7 Å². The van der Waals surface area contributed by atoms with Crippen molar-refractivity contribution in [3.8, 4) is 11.4 Å². The van der Waals surface area contributed by atoms with Crippen LogP contribution in [0.15, 0.2) is 24.3 Å². The Balaban J connectivity index is 1.41. The number of alkyl halides is 3. The van der Waals surface area contributed by atoms with Gasteiger partial charge in [0, 0.05) is 24.5 Å². The van der Waals surface area contributed by atoms with Crippen molar-refractivity contribution in [2.45, 2.75) is 103 Å². The number of aliphatic hydroxyl groups excluding tert-OH is 1. The van der Waals surface area contributed by atoms with Gasteiger partial charge in [0.05, 0.1) is 22.6 Å². The number of ether oxygens (including phenoxy) is 1. The predicted octanol–water partition coefficient (Wildman–Crippen LogP) is 7.91. The summed E-state index contributed by atoms with van der Waals surface area (Å²) in [6.45, 7) is 2.00. The Morgan fingerprint density at radius 3 is 2.38 bits per heavy atom. The second-order valence-electron chi connectivity index (χ2n) is 12.1. The molecule has 0 bridgehead atoms. The van der Waals surface area contributed by atoms with Gasteiger partial charge < -0.3 is 9.84 Å². The van der Waals surface area contributed by atoms with Crippen LogP contribution in [-0.2, 0) is 0 Å². The van der Waals surface area contributed by atoms with Gasteiger partial charge in [-0.1, -0.05) is 44.6 Å². The van der Waals surface area contributed by atoms with E-state index in [0.29, 0.717) is 28.8 Å². The second-order valence-corrected chi connectivity index (χ2v) is 12.1. The first-order chi connectivity index (χ1) is 18.7. The summed E-state index contributed by atoms with van der Waals surface area (Å²) in [6.07, 6.45) is 9.33. The molecular formula is C31H41F3N2O3. The molecule has 3 aliphatic carbocycles. The summed E-state index contributed by atoms with van der Waals surface area (Å²) in [5.74, 6) is 1.34. The van der Waals surface area contributed by atoms with E-state index in [1.807, 2.05) is 6.92 Å². The highest BCUT2D eigenvalue weighted by atomic mass is 19.4. The smallest absolute Gasteiger partial charge is 0.406 e. The Labute approximate surface area is 229 Å². The SMILES string of the molecule is Cc1nn(-c2cccc(OC(F)(F)F)c2)c(C2CC2)c1C(=O)C1CC[C@H](CO)C[C@@H](C2CCCCCC2)CC1. The van der Waals surface area contributed by atoms with E-state index in [1.165, 1.54) is 56.7 Å². The van der Waals surface area contributed by atoms with E-state index in [-0.39, 0.29) is 35.9 Å². The van der Waals surface area contributed by atoms with Crippen molar-refractivity contribution in [2.75, 3.05) is 6.61 Å². The van der Waals surface area contributed by atoms with E-state index >= 15 is 0 Å². The summed E-state index contributed by atoms with van der Waals surface area (Å²) in [7, 11) is 0. The molecular weight excluding hydrogens is 505 g/mol. The van der Waals surface area contributed by atoms with Crippen molar-refractivity contribution >= 4 is 5.78 Å². The number of Topliss-reactive ketones (excluding diaryl/α,β-unsaturated/α-hetero) is 1. The Morgan fingerprint density at radius 1 is 1.00 bits per heavy atom. The van der Waals surface area contributed by atoms with Gasteiger partial charge in [-0.25, -0.2) is 4.68 Å². The highest BCUT2D eigenvalue weighted by Crippen LogP contribution is 2.45. The molecule has 0 amide bonds. The number of aliphatic hydroxyl groups is 1. The molecule has 1 heterocycles. The number of halogens is 3. The van der Waals surface area contributed by atoms with Crippen molar-refractivity contribution in [1.29, 1.82) is 0 Å². The van der Waals surface area contributed by atoms with Crippen molar-refractivity contribution in [1.82, 2.24) is 9.78 Å². The van der Waals surface area contributed by atoms with E-state index in [0.717, 1.165) is 50.6 Å². The number of hydrogen-bond donors (Lipinski definition) is 1. The van der Waals surface area contributed by atoms with E-state index in [4.69, 9.17) is 0 Å². The normalized spacial score (nSPS) is 25.5.